The number of nitrogens with zero attached hydrogens (tertiary/aromatic N) is 4. The van der Waals surface area contributed by atoms with E-state index in [9.17, 15) is 18.0 Å². The largest absolute Gasteiger partial charge is 0.573 e. The fourth-order valence-electron chi connectivity index (χ4n) is 2.53. The summed E-state index contributed by atoms with van der Waals surface area (Å²) < 4.78 is 50.8. The molecule has 0 bridgehead atoms. The number of halogens is 3. The van der Waals surface area contributed by atoms with Gasteiger partial charge >= 0.3 is 6.36 Å². The maximum atomic E-state index is 12.2. The van der Waals surface area contributed by atoms with Crippen LogP contribution < -0.4 is 19.5 Å². The van der Waals surface area contributed by atoms with Crippen LogP contribution >= 0.6 is 0 Å². The van der Waals surface area contributed by atoms with Crippen molar-refractivity contribution in [2.45, 2.75) is 12.9 Å². The first-order chi connectivity index (χ1) is 13.9. The van der Waals surface area contributed by atoms with E-state index >= 15 is 0 Å². The van der Waals surface area contributed by atoms with Crippen molar-refractivity contribution in [3.8, 4) is 28.6 Å². The maximum absolute atomic E-state index is 12.2. The number of tetrazole rings is 1. The Balaban J connectivity index is 1.37. The van der Waals surface area contributed by atoms with Crippen LogP contribution in [0.3, 0.4) is 0 Å². The van der Waals surface area contributed by atoms with Gasteiger partial charge in [0.05, 0.1) is 0 Å². The Hall–Kier alpha value is -3.83. The summed E-state index contributed by atoms with van der Waals surface area (Å²) in [7, 11) is 0. The van der Waals surface area contributed by atoms with E-state index in [1.165, 1.54) is 12.1 Å². The third-order valence-electron chi connectivity index (χ3n) is 3.74. The lowest BCUT2D eigenvalue weighted by Gasteiger charge is -2.09. The Morgan fingerprint density at radius 3 is 2.66 bits per heavy atom. The smallest absolute Gasteiger partial charge is 0.454 e. The van der Waals surface area contributed by atoms with Gasteiger partial charge in [0.25, 0.3) is 0 Å². The molecule has 3 aromatic rings. The van der Waals surface area contributed by atoms with E-state index in [1.54, 1.807) is 18.2 Å². The summed E-state index contributed by atoms with van der Waals surface area (Å²) >= 11 is 0. The standard InChI is InChI=1S/C17H12F3N5O4/c18-17(19,20)29-12-4-2-11(3-5-12)21-15(26)8-25-23-16(22-24-25)10-1-6-13-14(7-10)28-9-27-13/h1-7H,8-9H2,(H,21,26). The van der Waals surface area contributed by atoms with E-state index in [2.05, 4.69) is 25.5 Å². The first kappa shape index (κ1) is 18.5. The average Bonchev–Trinajstić information content (AvgIpc) is 3.30. The quantitative estimate of drug-likeness (QED) is 0.694. The Bertz CT molecular complexity index is 1040. The maximum Gasteiger partial charge on any atom is 0.573 e. The number of carbonyl (C=O) groups excluding carboxylic acids is 1. The molecule has 0 saturated heterocycles. The molecule has 12 heteroatoms. The number of aromatic nitrogens is 4. The summed E-state index contributed by atoms with van der Waals surface area (Å²) in [6, 6.07) is 9.91. The molecule has 9 nitrogen and oxygen atoms in total. The third-order valence-corrected chi connectivity index (χ3v) is 3.74. The number of benzene rings is 2. The first-order valence-electron chi connectivity index (χ1n) is 8.19. The van der Waals surface area contributed by atoms with Gasteiger partial charge in [-0.1, -0.05) is 0 Å². The van der Waals surface area contributed by atoms with Gasteiger partial charge < -0.3 is 19.5 Å². The van der Waals surface area contributed by atoms with Crippen LogP contribution in [0, 0.1) is 0 Å². The average molecular weight is 407 g/mol. The second-order valence-corrected chi connectivity index (χ2v) is 5.83. The van der Waals surface area contributed by atoms with Gasteiger partial charge in [-0.3, -0.25) is 4.79 Å². The van der Waals surface area contributed by atoms with Crippen molar-refractivity contribution in [1.82, 2.24) is 20.2 Å². The highest BCUT2D eigenvalue weighted by Gasteiger charge is 2.31. The van der Waals surface area contributed by atoms with E-state index in [1.807, 2.05) is 0 Å². The predicted molar refractivity (Wildman–Crippen MR) is 91.1 cm³/mol. The van der Waals surface area contributed by atoms with Crippen molar-refractivity contribution in [2.75, 3.05) is 12.1 Å². The zero-order chi connectivity index (χ0) is 20.4. The molecule has 0 spiro atoms. The fraction of sp³-hybridized carbons (Fsp3) is 0.176. The van der Waals surface area contributed by atoms with Crippen LogP contribution in [0.2, 0.25) is 0 Å². The number of nitrogens with one attached hydrogen (secondary N) is 1. The molecule has 0 unspecified atom stereocenters. The molecule has 0 atom stereocenters. The molecular weight excluding hydrogens is 395 g/mol. The van der Waals surface area contributed by atoms with E-state index in [0.29, 0.717) is 28.6 Å². The molecule has 0 fully saturated rings. The number of carbonyl (C=O) groups is 1. The lowest BCUT2D eigenvalue weighted by molar-refractivity contribution is -0.274. The van der Waals surface area contributed by atoms with Crippen LogP contribution in [0.1, 0.15) is 0 Å². The normalized spacial score (nSPS) is 12.7. The molecule has 1 N–H and O–H groups in total. The lowest BCUT2D eigenvalue weighted by atomic mass is 10.2. The number of amides is 1. The summed E-state index contributed by atoms with van der Waals surface area (Å²) in [6.45, 7) is -0.0965. The van der Waals surface area contributed by atoms with Crippen molar-refractivity contribution in [3.63, 3.8) is 0 Å². The van der Waals surface area contributed by atoms with E-state index in [0.717, 1.165) is 16.9 Å². The molecule has 1 amide bonds. The second kappa shape index (κ2) is 7.30. The van der Waals surface area contributed by atoms with Gasteiger partial charge in [0.1, 0.15) is 12.3 Å². The highest BCUT2D eigenvalue weighted by atomic mass is 19.4. The Morgan fingerprint density at radius 1 is 1.14 bits per heavy atom. The second-order valence-electron chi connectivity index (χ2n) is 5.83. The van der Waals surface area contributed by atoms with Gasteiger partial charge in [0.2, 0.25) is 18.5 Å². The van der Waals surface area contributed by atoms with Crippen LogP contribution in [0.15, 0.2) is 42.5 Å². The monoisotopic (exact) mass is 407 g/mol. The molecule has 29 heavy (non-hydrogen) atoms. The van der Waals surface area contributed by atoms with E-state index in [4.69, 9.17) is 9.47 Å². The van der Waals surface area contributed by atoms with Crippen molar-refractivity contribution in [3.05, 3.63) is 42.5 Å². The van der Waals surface area contributed by atoms with Gasteiger partial charge in [-0.25, -0.2) is 0 Å². The third kappa shape index (κ3) is 4.54. The van der Waals surface area contributed by atoms with Crippen molar-refractivity contribution >= 4 is 11.6 Å². The van der Waals surface area contributed by atoms with Crippen LogP contribution in [-0.2, 0) is 11.3 Å². The van der Waals surface area contributed by atoms with Gasteiger partial charge in [-0.05, 0) is 47.7 Å². The molecule has 2 aromatic carbocycles. The number of anilines is 1. The van der Waals surface area contributed by atoms with Crippen LogP contribution in [0.4, 0.5) is 18.9 Å². The number of rotatable bonds is 5. The molecule has 4 rings (SSSR count). The van der Waals surface area contributed by atoms with Crippen LogP contribution in [-0.4, -0.2) is 39.3 Å². The van der Waals surface area contributed by atoms with Gasteiger partial charge in [-0.15, -0.1) is 23.4 Å². The summed E-state index contributed by atoms with van der Waals surface area (Å²) in [4.78, 5) is 13.2. The topological polar surface area (TPSA) is 100 Å². The highest BCUT2D eigenvalue weighted by Crippen LogP contribution is 2.34. The molecule has 150 valence electrons. The Morgan fingerprint density at radius 2 is 1.90 bits per heavy atom. The predicted octanol–water partition coefficient (Wildman–Crippen LogP) is 2.61. The summed E-state index contributed by atoms with van der Waals surface area (Å²) in [6.07, 6.45) is -4.78. The van der Waals surface area contributed by atoms with Gasteiger partial charge in [0, 0.05) is 11.3 Å². The summed E-state index contributed by atoms with van der Waals surface area (Å²) in [5.74, 6) is 0.609. The zero-order valence-electron chi connectivity index (χ0n) is 14.5. The number of hydrogen-bond acceptors (Lipinski definition) is 7. The number of fused-ring (bicyclic) bond motifs is 1. The number of ether oxygens (including phenoxy) is 3. The SMILES string of the molecule is O=C(Cn1nnc(-c2ccc3c(c2)OCO3)n1)Nc1ccc(OC(F)(F)F)cc1. The fourth-order valence-corrected chi connectivity index (χ4v) is 2.53. The lowest BCUT2D eigenvalue weighted by Crippen LogP contribution is -2.20. The number of alkyl halides is 3. The van der Waals surface area contributed by atoms with Gasteiger partial charge in [-0.2, -0.15) is 4.80 Å². The Kier molecular flexibility index (Phi) is 4.66. The van der Waals surface area contributed by atoms with Crippen molar-refractivity contribution < 1.29 is 32.2 Å². The minimum atomic E-state index is -4.78. The minimum Gasteiger partial charge on any atom is -0.454 e. The molecule has 1 aliphatic heterocycles. The molecule has 0 aliphatic carbocycles. The molecular formula is C17H12F3N5O4. The molecule has 0 radical (unpaired) electrons. The minimum absolute atomic E-state index is 0.141. The first-order valence-corrected chi connectivity index (χ1v) is 8.19. The summed E-state index contributed by atoms with van der Waals surface area (Å²) in [5.41, 5.74) is 0.932. The van der Waals surface area contributed by atoms with Crippen molar-refractivity contribution in [1.29, 1.82) is 0 Å². The van der Waals surface area contributed by atoms with Gasteiger partial charge in [0.15, 0.2) is 11.5 Å². The van der Waals surface area contributed by atoms with E-state index < -0.39 is 12.3 Å². The molecule has 2 heterocycles. The zero-order valence-corrected chi connectivity index (χ0v) is 14.5. The molecule has 1 aromatic heterocycles. The summed E-state index contributed by atoms with van der Waals surface area (Å²) in [5, 5.41) is 14.4. The molecule has 1 aliphatic rings. The van der Waals surface area contributed by atoms with E-state index in [-0.39, 0.29) is 19.1 Å². The molecule has 0 saturated carbocycles. The van der Waals surface area contributed by atoms with Crippen LogP contribution in [0.25, 0.3) is 11.4 Å². The van der Waals surface area contributed by atoms with Crippen molar-refractivity contribution in [2.24, 2.45) is 0 Å². The Labute approximate surface area is 161 Å². The highest BCUT2D eigenvalue weighted by molar-refractivity contribution is 5.90. The number of hydrogen-bond donors (Lipinski definition) is 1. The van der Waals surface area contributed by atoms with Crippen LogP contribution in [0.5, 0.6) is 17.2 Å².